The van der Waals surface area contributed by atoms with E-state index in [0.29, 0.717) is 0 Å². The summed E-state index contributed by atoms with van der Waals surface area (Å²) in [6, 6.07) is 73.9. The molecule has 0 radical (unpaired) electrons. The lowest BCUT2D eigenvalue weighted by Gasteiger charge is -2.35. The van der Waals surface area contributed by atoms with Crippen molar-refractivity contribution >= 4 is 70.1 Å². The van der Waals surface area contributed by atoms with Crippen LogP contribution >= 0.6 is 11.3 Å². The molecule has 1 nitrogen and oxygen atoms in total. The monoisotopic (exact) mass is 691 g/mol. The highest BCUT2D eigenvalue weighted by Crippen LogP contribution is 2.56. The van der Waals surface area contributed by atoms with E-state index < -0.39 is 5.41 Å². The molecule has 0 bridgehead atoms. The van der Waals surface area contributed by atoms with Gasteiger partial charge in [0.05, 0.1) is 5.41 Å². The summed E-state index contributed by atoms with van der Waals surface area (Å²) in [5.74, 6) is 0. The molecule has 2 heteroatoms. The van der Waals surface area contributed by atoms with Crippen LogP contribution in [0.3, 0.4) is 0 Å². The molecule has 248 valence electrons. The van der Waals surface area contributed by atoms with Gasteiger partial charge in [-0.15, -0.1) is 11.3 Å². The van der Waals surface area contributed by atoms with Gasteiger partial charge < -0.3 is 4.90 Å². The highest BCUT2D eigenvalue weighted by molar-refractivity contribution is 7.26. The van der Waals surface area contributed by atoms with E-state index in [1.54, 1.807) is 0 Å². The van der Waals surface area contributed by atoms with Crippen LogP contribution in [0.1, 0.15) is 22.3 Å². The predicted molar refractivity (Wildman–Crippen MR) is 226 cm³/mol. The molecule has 0 atom stereocenters. The zero-order chi connectivity index (χ0) is 34.9. The van der Waals surface area contributed by atoms with Crippen molar-refractivity contribution in [3.63, 3.8) is 0 Å². The van der Waals surface area contributed by atoms with E-state index in [2.05, 4.69) is 205 Å². The number of rotatable bonds is 5. The van der Waals surface area contributed by atoms with Crippen LogP contribution in [0.15, 0.2) is 200 Å². The molecular formula is C51H33NS. The standard InChI is InChI=1S/C51H33NS/c1-3-15-36(16-4-1)51(46-24-11-9-22-42(46)43-23-10-12-25-47(43)51)37-17-13-20-39(32-37)52(38-18-5-2-6-19-38)40-29-31-48-45(33-40)44-30-28-35-27-26-34-14-7-8-21-41(34)49(35)50(44)53-48/h1-33H. The van der Waals surface area contributed by atoms with Gasteiger partial charge in [-0.2, -0.15) is 0 Å². The summed E-state index contributed by atoms with van der Waals surface area (Å²) >= 11 is 1.90. The van der Waals surface area contributed by atoms with Crippen LogP contribution in [0, 0.1) is 0 Å². The second kappa shape index (κ2) is 11.8. The summed E-state index contributed by atoms with van der Waals surface area (Å²) in [4.78, 5) is 2.42. The first-order valence-corrected chi connectivity index (χ1v) is 19.1. The van der Waals surface area contributed by atoms with E-state index in [9.17, 15) is 0 Å². The fourth-order valence-corrected chi connectivity index (χ4v) is 10.3. The third-order valence-electron chi connectivity index (χ3n) is 11.3. The zero-order valence-electron chi connectivity index (χ0n) is 28.9. The van der Waals surface area contributed by atoms with Crippen molar-refractivity contribution in [2.45, 2.75) is 5.41 Å². The second-order valence-corrected chi connectivity index (χ2v) is 15.1. The van der Waals surface area contributed by atoms with Gasteiger partial charge in [0.15, 0.2) is 0 Å². The highest BCUT2D eigenvalue weighted by atomic mass is 32.1. The highest BCUT2D eigenvalue weighted by Gasteiger charge is 2.46. The van der Waals surface area contributed by atoms with Crippen molar-refractivity contribution in [1.82, 2.24) is 0 Å². The minimum Gasteiger partial charge on any atom is -0.310 e. The summed E-state index contributed by atoms with van der Waals surface area (Å²) in [5.41, 5.74) is 10.7. The molecule has 1 aromatic heterocycles. The summed E-state index contributed by atoms with van der Waals surface area (Å²) in [6.45, 7) is 0. The van der Waals surface area contributed by atoms with Crippen LogP contribution in [-0.2, 0) is 5.41 Å². The summed E-state index contributed by atoms with van der Waals surface area (Å²) in [6.07, 6.45) is 0. The van der Waals surface area contributed by atoms with Gasteiger partial charge in [0, 0.05) is 42.6 Å². The SMILES string of the molecule is c1ccc(N(c2cccc(C3(c4ccccc4)c4ccccc4-c4ccccc43)c2)c2ccc3sc4c(ccc5ccc6ccccc6c54)c3c2)cc1. The fourth-order valence-electron chi connectivity index (χ4n) is 9.06. The molecule has 0 N–H and O–H groups in total. The molecule has 53 heavy (non-hydrogen) atoms. The third kappa shape index (κ3) is 4.43. The summed E-state index contributed by atoms with van der Waals surface area (Å²) in [7, 11) is 0. The molecule has 0 unspecified atom stereocenters. The lowest BCUT2D eigenvalue weighted by molar-refractivity contribution is 0.768. The van der Waals surface area contributed by atoms with E-state index in [1.807, 2.05) is 11.3 Å². The molecule has 0 amide bonds. The number of hydrogen-bond acceptors (Lipinski definition) is 2. The summed E-state index contributed by atoms with van der Waals surface area (Å²) in [5, 5.41) is 7.81. The molecule has 1 aliphatic carbocycles. The lowest BCUT2D eigenvalue weighted by atomic mass is 9.67. The van der Waals surface area contributed by atoms with Gasteiger partial charge >= 0.3 is 0 Å². The van der Waals surface area contributed by atoms with Crippen LogP contribution in [0.4, 0.5) is 17.1 Å². The maximum absolute atomic E-state index is 2.43. The number of fused-ring (bicyclic) bond motifs is 10. The predicted octanol–water partition coefficient (Wildman–Crippen LogP) is 14.2. The van der Waals surface area contributed by atoms with Crippen molar-refractivity contribution in [2.24, 2.45) is 0 Å². The fraction of sp³-hybridized carbons (Fsp3) is 0.0196. The van der Waals surface area contributed by atoms with E-state index in [-0.39, 0.29) is 0 Å². The number of benzene rings is 9. The van der Waals surface area contributed by atoms with Crippen molar-refractivity contribution < 1.29 is 0 Å². The molecule has 1 aliphatic rings. The number of nitrogens with zero attached hydrogens (tertiary/aromatic N) is 1. The largest absolute Gasteiger partial charge is 0.310 e. The van der Waals surface area contributed by atoms with Gasteiger partial charge in [-0.1, -0.05) is 158 Å². The Morgan fingerprint density at radius 2 is 0.981 bits per heavy atom. The van der Waals surface area contributed by atoms with Crippen molar-refractivity contribution in [3.8, 4) is 11.1 Å². The van der Waals surface area contributed by atoms with Gasteiger partial charge in [0.2, 0.25) is 0 Å². The van der Waals surface area contributed by atoms with Crippen LogP contribution < -0.4 is 4.90 Å². The van der Waals surface area contributed by atoms with Gasteiger partial charge in [-0.3, -0.25) is 0 Å². The first-order chi connectivity index (χ1) is 26.3. The Kier molecular flexibility index (Phi) is 6.71. The molecule has 1 heterocycles. The Labute approximate surface area is 312 Å². The van der Waals surface area contributed by atoms with Gasteiger partial charge in [-0.25, -0.2) is 0 Å². The summed E-state index contributed by atoms with van der Waals surface area (Å²) < 4.78 is 2.65. The van der Waals surface area contributed by atoms with Crippen LogP contribution in [-0.4, -0.2) is 0 Å². The molecule has 10 aromatic rings. The molecule has 0 fully saturated rings. The van der Waals surface area contributed by atoms with Gasteiger partial charge in [0.1, 0.15) is 0 Å². The first kappa shape index (κ1) is 30.2. The van der Waals surface area contributed by atoms with E-state index in [1.165, 1.54) is 75.1 Å². The second-order valence-electron chi connectivity index (χ2n) is 14.0. The molecule has 0 aliphatic heterocycles. The number of para-hydroxylation sites is 1. The van der Waals surface area contributed by atoms with Crippen LogP contribution in [0.25, 0.3) is 52.8 Å². The van der Waals surface area contributed by atoms with E-state index in [0.717, 1.165) is 17.1 Å². The quantitative estimate of drug-likeness (QED) is 0.162. The number of hydrogen-bond donors (Lipinski definition) is 0. The minimum absolute atomic E-state index is 0.468. The molecular weight excluding hydrogens is 659 g/mol. The van der Waals surface area contributed by atoms with Crippen molar-refractivity contribution in [2.75, 3.05) is 4.90 Å². The maximum atomic E-state index is 2.43. The van der Waals surface area contributed by atoms with Gasteiger partial charge in [0.25, 0.3) is 0 Å². The molecule has 9 aromatic carbocycles. The Morgan fingerprint density at radius 1 is 0.377 bits per heavy atom. The van der Waals surface area contributed by atoms with Crippen molar-refractivity contribution in [1.29, 1.82) is 0 Å². The minimum atomic E-state index is -0.468. The topological polar surface area (TPSA) is 3.24 Å². The van der Waals surface area contributed by atoms with E-state index >= 15 is 0 Å². The molecule has 11 rings (SSSR count). The Hall–Kier alpha value is -6.48. The Balaban J connectivity index is 1.15. The first-order valence-electron chi connectivity index (χ1n) is 18.3. The van der Waals surface area contributed by atoms with Crippen LogP contribution in [0.2, 0.25) is 0 Å². The van der Waals surface area contributed by atoms with Crippen molar-refractivity contribution in [3.05, 3.63) is 222 Å². The Bertz CT molecular complexity index is 2970. The average molecular weight is 692 g/mol. The lowest BCUT2D eigenvalue weighted by Crippen LogP contribution is -2.28. The molecule has 0 spiro atoms. The molecule has 0 saturated heterocycles. The maximum Gasteiger partial charge on any atom is 0.0714 e. The zero-order valence-corrected chi connectivity index (χ0v) is 29.7. The smallest absolute Gasteiger partial charge is 0.0714 e. The normalized spacial score (nSPS) is 13.1. The van der Waals surface area contributed by atoms with Gasteiger partial charge in [-0.05, 0) is 92.0 Å². The molecule has 0 saturated carbocycles. The average Bonchev–Trinajstić information content (AvgIpc) is 3.75. The third-order valence-corrected chi connectivity index (χ3v) is 12.5. The Morgan fingerprint density at radius 3 is 1.77 bits per heavy atom. The number of anilines is 3. The number of thiophene rings is 1. The van der Waals surface area contributed by atoms with Crippen LogP contribution in [0.5, 0.6) is 0 Å². The van der Waals surface area contributed by atoms with E-state index in [4.69, 9.17) is 0 Å².